The summed E-state index contributed by atoms with van der Waals surface area (Å²) in [7, 11) is -4.25. The fourth-order valence-electron chi connectivity index (χ4n) is 9.53. The number of nitrogens with zero attached hydrogens (tertiary/aromatic N) is 1. The molecule has 4 rings (SSSR count). The Labute approximate surface area is 227 Å². The molecule has 8 nitrogen and oxygen atoms in total. The van der Waals surface area contributed by atoms with Gasteiger partial charge >= 0.3 is 0 Å². The van der Waals surface area contributed by atoms with Crippen molar-refractivity contribution in [2.45, 2.75) is 96.9 Å². The summed E-state index contributed by atoms with van der Waals surface area (Å²) in [5.41, 5.74) is -0.352. The molecule has 0 aromatic heterocycles. The monoisotopic (exact) mass is 560 g/mol. The van der Waals surface area contributed by atoms with Crippen LogP contribution >= 0.6 is 0 Å². The molecule has 4 N–H and O–H groups in total. The third kappa shape index (κ3) is 5.54. The second-order valence-electron chi connectivity index (χ2n) is 13.4. The molecule has 4 fully saturated rings. The van der Waals surface area contributed by atoms with Crippen LogP contribution in [-0.4, -0.2) is 82.9 Å². The van der Waals surface area contributed by atoms with Crippen molar-refractivity contribution in [2.24, 2.45) is 46.3 Å². The van der Waals surface area contributed by atoms with E-state index in [0.29, 0.717) is 19.3 Å². The zero-order chi connectivity index (χ0) is 28.0. The van der Waals surface area contributed by atoms with E-state index in [1.807, 2.05) is 0 Å². The van der Waals surface area contributed by atoms with Gasteiger partial charge < -0.3 is 20.2 Å². The standard InChI is InChI=1S/C28H48FNO7S/c1-17(4-7-25(34)30(11-10-29)12-13-38(35,36)37)20-5-6-21-26-22(16-24(33)28(20,21)3)27(2)9-8-19(31)14-18(27)15-23(26)32/h17-24,26,31-33H,4-16H2,1-3H3,(H,35,36,37)/t17-,18?,19-,20-,21?,22?,23?,24+,26?,27+,28-/m1/s1/i29-1. The second-order valence-corrected chi connectivity index (χ2v) is 15.0. The predicted octanol–water partition coefficient (Wildman–Crippen LogP) is 3.05. The Morgan fingerprint density at radius 2 is 1.76 bits per heavy atom. The quantitative estimate of drug-likeness (QED) is 0.318. The predicted molar refractivity (Wildman–Crippen MR) is 141 cm³/mol. The molecule has 0 aliphatic heterocycles. The topological polar surface area (TPSA) is 135 Å². The molecule has 0 aromatic carbocycles. The minimum absolute atomic E-state index is 0.0173. The minimum atomic E-state index is -4.25. The highest BCUT2D eigenvalue weighted by Crippen LogP contribution is 2.68. The van der Waals surface area contributed by atoms with E-state index in [1.165, 1.54) is 0 Å². The summed E-state index contributed by atoms with van der Waals surface area (Å²) in [5.74, 6) is 0.155. The first kappa shape index (κ1) is 30.2. The average molecular weight is 561 g/mol. The molecule has 1 amide bonds. The summed E-state index contributed by atoms with van der Waals surface area (Å²) in [6, 6.07) is 0. The molecule has 5 unspecified atom stereocenters. The van der Waals surface area contributed by atoms with Crippen molar-refractivity contribution >= 4 is 16.0 Å². The Bertz CT molecular complexity index is 965. The Morgan fingerprint density at radius 1 is 1.05 bits per heavy atom. The van der Waals surface area contributed by atoms with Gasteiger partial charge in [0, 0.05) is 19.5 Å². The second kappa shape index (κ2) is 11.2. The largest absolute Gasteiger partial charge is 0.393 e. The maximum atomic E-state index is 13.0. The molecule has 0 bridgehead atoms. The van der Waals surface area contributed by atoms with Crippen LogP contribution in [0.3, 0.4) is 0 Å². The Morgan fingerprint density at radius 3 is 2.42 bits per heavy atom. The van der Waals surface area contributed by atoms with Crippen LogP contribution in [0.2, 0.25) is 0 Å². The van der Waals surface area contributed by atoms with Crippen molar-refractivity contribution in [2.75, 3.05) is 25.5 Å². The van der Waals surface area contributed by atoms with Crippen molar-refractivity contribution < 1.29 is 37.5 Å². The number of carbonyl (C=O) groups is 1. The zero-order valence-electron chi connectivity index (χ0n) is 23.1. The molecule has 0 saturated heterocycles. The van der Waals surface area contributed by atoms with Crippen LogP contribution in [0.15, 0.2) is 0 Å². The number of hydrogen-bond acceptors (Lipinski definition) is 6. The molecular formula is C28H48FNO7S. The number of halogens is 1. The maximum absolute atomic E-state index is 13.0. The highest BCUT2D eigenvalue weighted by molar-refractivity contribution is 7.85. The Hall–Kier alpha value is -0.810. The number of aliphatic hydroxyl groups is 3. The van der Waals surface area contributed by atoms with E-state index in [0.717, 1.165) is 37.0 Å². The molecule has 10 heteroatoms. The first-order valence-electron chi connectivity index (χ1n) is 14.6. The number of rotatable bonds is 9. The SMILES string of the molecule is C[C@H](CCC(=O)N(CC[18F])CCS(=O)(=O)O)[C@H]1CCC2C3C(O)CC4C[C@H](O)CC[C@]4(C)C3C[C@H](O)[C@@]21C. The summed E-state index contributed by atoms with van der Waals surface area (Å²) in [4.78, 5) is 14.0. The molecule has 4 saturated carbocycles. The molecule has 4 aliphatic rings. The van der Waals surface area contributed by atoms with Crippen LogP contribution in [-0.2, 0) is 14.9 Å². The third-order valence-electron chi connectivity index (χ3n) is 11.7. The van der Waals surface area contributed by atoms with Crippen LogP contribution in [0, 0.1) is 46.3 Å². The fourth-order valence-corrected chi connectivity index (χ4v) is 9.98. The molecule has 0 aromatic rings. The maximum Gasteiger partial charge on any atom is 0.266 e. The Balaban J connectivity index is 1.45. The van der Waals surface area contributed by atoms with Crippen LogP contribution in [0.4, 0.5) is 4.39 Å². The van der Waals surface area contributed by atoms with Gasteiger partial charge in [-0.25, -0.2) is 4.39 Å². The van der Waals surface area contributed by atoms with Gasteiger partial charge in [0.25, 0.3) is 10.1 Å². The van der Waals surface area contributed by atoms with Crippen molar-refractivity contribution in [3.63, 3.8) is 0 Å². The normalized spacial score (nSPS) is 43.6. The van der Waals surface area contributed by atoms with Gasteiger partial charge in [0.1, 0.15) is 6.67 Å². The number of carbonyl (C=O) groups excluding carboxylic acids is 1. The summed E-state index contributed by atoms with van der Waals surface area (Å²) >= 11 is 0. The highest BCUT2D eigenvalue weighted by Gasteiger charge is 2.65. The van der Waals surface area contributed by atoms with Crippen molar-refractivity contribution in [1.29, 1.82) is 0 Å². The summed E-state index contributed by atoms with van der Waals surface area (Å²) < 4.78 is 44.2. The van der Waals surface area contributed by atoms with Gasteiger partial charge in [0.2, 0.25) is 5.91 Å². The van der Waals surface area contributed by atoms with E-state index in [9.17, 15) is 32.9 Å². The van der Waals surface area contributed by atoms with Crippen LogP contribution in [0.1, 0.15) is 78.6 Å². The van der Waals surface area contributed by atoms with Gasteiger partial charge in [-0.3, -0.25) is 9.35 Å². The first-order chi connectivity index (χ1) is 17.7. The average Bonchev–Trinajstić information content (AvgIpc) is 3.19. The Kier molecular flexibility index (Phi) is 8.91. The molecule has 4 aliphatic carbocycles. The van der Waals surface area contributed by atoms with Crippen LogP contribution < -0.4 is 0 Å². The molecular weight excluding hydrogens is 512 g/mol. The minimum Gasteiger partial charge on any atom is -0.393 e. The van der Waals surface area contributed by atoms with Crippen molar-refractivity contribution in [3.8, 4) is 0 Å². The van der Waals surface area contributed by atoms with Crippen molar-refractivity contribution in [3.05, 3.63) is 0 Å². The molecule has 0 spiro atoms. The molecule has 0 heterocycles. The van der Waals surface area contributed by atoms with Gasteiger partial charge in [0.15, 0.2) is 0 Å². The molecule has 38 heavy (non-hydrogen) atoms. The van der Waals surface area contributed by atoms with E-state index in [-0.39, 0.29) is 77.9 Å². The van der Waals surface area contributed by atoms with E-state index < -0.39 is 34.8 Å². The number of aliphatic hydroxyl groups excluding tert-OH is 3. The lowest BCUT2D eigenvalue weighted by molar-refractivity contribution is -0.207. The van der Waals surface area contributed by atoms with E-state index >= 15 is 0 Å². The van der Waals surface area contributed by atoms with Gasteiger partial charge in [-0.1, -0.05) is 20.8 Å². The number of alkyl halides is 1. The lowest BCUT2D eigenvalue weighted by Gasteiger charge is -2.63. The zero-order valence-corrected chi connectivity index (χ0v) is 24.0. The van der Waals surface area contributed by atoms with E-state index in [4.69, 9.17) is 4.55 Å². The summed E-state index contributed by atoms with van der Waals surface area (Å²) in [6.07, 6.45) is 5.09. The van der Waals surface area contributed by atoms with Gasteiger partial charge in [-0.2, -0.15) is 8.42 Å². The van der Waals surface area contributed by atoms with E-state index in [1.54, 1.807) is 0 Å². The smallest absolute Gasteiger partial charge is 0.266 e. The lowest BCUT2D eigenvalue weighted by atomic mass is 9.43. The van der Waals surface area contributed by atoms with Gasteiger partial charge in [0.05, 0.1) is 24.1 Å². The molecule has 0 radical (unpaired) electrons. The van der Waals surface area contributed by atoms with Gasteiger partial charge in [-0.15, -0.1) is 0 Å². The number of fused-ring (bicyclic) bond motifs is 5. The number of hydrogen-bond donors (Lipinski definition) is 4. The first-order valence-corrected chi connectivity index (χ1v) is 16.2. The third-order valence-corrected chi connectivity index (χ3v) is 12.4. The van der Waals surface area contributed by atoms with Crippen LogP contribution in [0.5, 0.6) is 0 Å². The summed E-state index contributed by atoms with van der Waals surface area (Å²) in [6.45, 7) is 5.35. The fraction of sp³-hybridized carbons (Fsp3) is 0.964. The van der Waals surface area contributed by atoms with Crippen molar-refractivity contribution in [1.82, 2.24) is 4.90 Å². The summed E-state index contributed by atoms with van der Waals surface area (Å²) in [5, 5.41) is 33.4. The highest BCUT2D eigenvalue weighted by atomic mass is 32.2. The number of amides is 1. The molecule has 11 atom stereocenters. The van der Waals surface area contributed by atoms with Crippen LogP contribution in [0.25, 0.3) is 0 Å². The van der Waals surface area contributed by atoms with Gasteiger partial charge in [-0.05, 0) is 97.7 Å². The molecule has 220 valence electrons. The lowest BCUT2D eigenvalue weighted by Crippen LogP contribution is -2.62. The van der Waals surface area contributed by atoms with E-state index in [2.05, 4.69) is 20.8 Å².